The smallest absolute Gasteiger partial charge is 0.136 e. The van der Waals surface area contributed by atoms with Crippen LogP contribution in [0, 0.1) is 13.8 Å². The van der Waals surface area contributed by atoms with Gasteiger partial charge in [0.2, 0.25) is 0 Å². The molecular formula is C16H21N3. The third-order valence-electron chi connectivity index (χ3n) is 3.25. The van der Waals surface area contributed by atoms with E-state index in [-0.39, 0.29) is 5.41 Å². The largest absolute Gasteiger partial charge is 0.383 e. The first-order valence-electron chi connectivity index (χ1n) is 6.51. The maximum Gasteiger partial charge on any atom is 0.136 e. The van der Waals surface area contributed by atoms with Gasteiger partial charge in [0.25, 0.3) is 0 Å². The normalized spacial score (nSPS) is 11.6. The molecule has 0 saturated heterocycles. The molecule has 1 aromatic heterocycles. The van der Waals surface area contributed by atoms with Gasteiger partial charge in [-0.1, -0.05) is 45.0 Å². The summed E-state index contributed by atoms with van der Waals surface area (Å²) in [5.74, 6) is 1.35. The van der Waals surface area contributed by atoms with Gasteiger partial charge in [0.05, 0.1) is 5.69 Å². The first kappa shape index (κ1) is 13.5. The van der Waals surface area contributed by atoms with Crippen LogP contribution in [0.5, 0.6) is 0 Å². The number of aryl methyl sites for hydroxylation is 1. The Labute approximate surface area is 114 Å². The van der Waals surface area contributed by atoms with E-state index in [2.05, 4.69) is 44.8 Å². The van der Waals surface area contributed by atoms with Gasteiger partial charge in [-0.2, -0.15) is 0 Å². The molecule has 3 nitrogen and oxygen atoms in total. The summed E-state index contributed by atoms with van der Waals surface area (Å²) in [6.07, 6.45) is 0. The van der Waals surface area contributed by atoms with Crippen LogP contribution in [0.2, 0.25) is 0 Å². The van der Waals surface area contributed by atoms with Crippen LogP contribution < -0.4 is 5.73 Å². The molecule has 2 N–H and O–H groups in total. The molecule has 19 heavy (non-hydrogen) atoms. The molecule has 0 spiro atoms. The van der Waals surface area contributed by atoms with Crippen LogP contribution in [-0.4, -0.2) is 9.97 Å². The molecule has 2 rings (SSSR count). The Morgan fingerprint density at radius 1 is 1.00 bits per heavy atom. The van der Waals surface area contributed by atoms with Crippen molar-refractivity contribution in [3.8, 4) is 11.3 Å². The second-order valence-electron chi connectivity index (χ2n) is 5.97. The Hall–Kier alpha value is -1.90. The minimum Gasteiger partial charge on any atom is -0.383 e. The highest BCUT2D eigenvalue weighted by molar-refractivity contribution is 5.70. The fourth-order valence-electron chi connectivity index (χ4n) is 1.97. The summed E-state index contributed by atoms with van der Waals surface area (Å²) in [4.78, 5) is 9.17. The van der Waals surface area contributed by atoms with Gasteiger partial charge in [-0.15, -0.1) is 0 Å². The van der Waals surface area contributed by atoms with Crippen LogP contribution in [0.4, 0.5) is 5.82 Å². The second-order valence-corrected chi connectivity index (χ2v) is 5.97. The van der Waals surface area contributed by atoms with E-state index in [1.54, 1.807) is 0 Å². The van der Waals surface area contributed by atoms with Crippen molar-refractivity contribution in [1.82, 2.24) is 9.97 Å². The molecule has 100 valence electrons. The van der Waals surface area contributed by atoms with Crippen molar-refractivity contribution in [2.45, 2.75) is 40.0 Å². The number of hydrogen-bond donors (Lipinski definition) is 1. The lowest BCUT2D eigenvalue weighted by atomic mass is 9.94. The molecule has 2 aromatic rings. The molecule has 0 radical (unpaired) electrons. The zero-order valence-electron chi connectivity index (χ0n) is 12.3. The van der Waals surface area contributed by atoms with Gasteiger partial charge in [-0.25, -0.2) is 9.97 Å². The van der Waals surface area contributed by atoms with Crippen LogP contribution in [0.15, 0.2) is 24.3 Å². The number of hydrogen-bond acceptors (Lipinski definition) is 3. The number of anilines is 1. The number of nitrogens with two attached hydrogens (primary N) is 1. The summed E-state index contributed by atoms with van der Waals surface area (Å²) >= 11 is 0. The molecule has 0 amide bonds. The molecule has 0 aliphatic carbocycles. The van der Waals surface area contributed by atoms with Gasteiger partial charge in [-0.3, -0.25) is 0 Å². The van der Waals surface area contributed by atoms with Crippen LogP contribution in [-0.2, 0) is 5.41 Å². The van der Waals surface area contributed by atoms with Crippen LogP contribution >= 0.6 is 0 Å². The number of aromatic nitrogens is 2. The Morgan fingerprint density at radius 2 is 1.63 bits per heavy atom. The van der Waals surface area contributed by atoms with Crippen molar-refractivity contribution in [1.29, 1.82) is 0 Å². The van der Waals surface area contributed by atoms with Crippen molar-refractivity contribution >= 4 is 5.82 Å². The zero-order chi connectivity index (χ0) is 14.2. The molecule has 1 heterocycles. The van der Waals surface area contributed by atoms with E-state index in [9.17, 15) is 0 Å². The molecular weight excluding hydrogens is 234 g/mol. The number of rotatable bonds is 1. The van der Waals surface area contributed by atoms with Gasteiger partial charge in [0, 0.05) is 16.5 Å². The quantitative estimate of drug-likeness (QED) is 0.846. The van der Waals surface area contributed by atoms with E-state index in [4.69, 9.17) is 10.7 Å². The highest BCUT2D eigenvalue weighted by Crippen LogP contribution is 2.29. The number of benzene rings is 1. The number of nitrogen functional groups attached to an aromatic ring is 1. The fraction of sp³-hybridized carbons (Fsp3) is 0.375. The average molecular weight is 255 g/mol. The van der Waals surface area contributed by atoms with E-state index in [0.717, 1.165) is 22.6 Å². The van der Waals surface area contributed by atoms with Gasteiger partial charge in [-0.05, 0) is 19.4 Å². The van der Waals surface area contributed by atoms with E-state index in [0.29, 0.717) is 5.82 Å². The predicted octanol–water partition coefficient (Wildman–Crippen LogP) is 3.64. The fourth-order valence-corrected chi connectivity index (χ4v) is 1.97. The Balaban J connectivity index is 2.70. The minimum absolute atomic E-state index is 0.112. The summed E-state index contributed by atoms with van der Waals surface area (Å²) in [5, 5.41) is 0. The van der Waals surface area contributed by atoms with Crippen molar-refractivity contribution in [2.75, 3.05) is 5.73 Å². The van der Waals surface area contributed by atoms with Gasteiger partial charge in [0.1, 0.15) is 11.6 Å². The SMILES string of the molecule is Cc1ccccc1-c1nc(C(C)(C)C)nc(N)c1C. The molecule has 3 heteroatoms. The van der Waals surface area contributed by atoms with Crippen LogP contribution in [0.1, 0.15) is 37.7 Å². The summed E-state index contributed by atoms with van der Waals surface area (Å²) in [6.45, 7) is 10.4. The maximum atomic E-state index is 6.05. The maximum absolute atomic E-state index is 6.05. The van der Waals surface area contributed by atoms with Crippen LogP contribution in [0.3, 0.4) is 0 Å². The zero-order valence-corrected chi connectivity index (χ0v) is 12.3. The van der Waals surface area contributed by atoms with E-state index in [1.165, 1.54) is 5.56 Å². The first-order chi connectivity index (χ1) is 8.80. The summed E-state index contributed by atoms with van der Waals surface area (Å²) in [6, 6.07) is 8.22. The highest BCUT2D eigenvalue weighted by atomic mass is 15.0. The lowest BCUT2D eigenvalue weighted by Gasteiger charge is -2.20. The summed E-state index contributed by atoms with van der Waals surface area (Å²) in [5.41, 5.74) is 10.2. The third-order valence-corrected chi connectivity index (χ3v) is 3.25. The van der Waals surface area contributed by atoms with Crippen molar-refractivity contribution in [3.63, 3.8) is 0 Å². The van der Waals surface area contributed by atoms with E-state index < -0.39 is 0 Å². The lowest BCUT2D eigenvalue weighted by molar-refractivity contribution is 0.546. The Morgan fingerprint density at radius 3 is 2.21 bits per heavy atom. The molecule has 0 unspecified atom stereocenters. The van der Waals surface area contributed by atoms with Crippen LogP contribution in [0.25, 0.3) is 11.3 Å². The minimum atomic E-state index is -0.112. The monoisotopic (exact) mass is 255 g/mol. The molecule has 0 atom stereocenters. The molecule has 0 aliphatic heterocycles. The number of nitrogens with zero attached hydrogens (tertiary/aromatic N) is 2. The topological polar surface area (TPSA) is 51.8 Å². The van der Waals surface area contributed by atoms with Crippen molar-refractivity contribution in [3.05, 3.63) is 41.2 Å². The Bertz CT molecular complexity index is 610. The van der Waals surface area contributed by atoms with Crippen molar-refractivity contribution < 1.29 is 0 Å². The molecule has 0 fully saturated rings. The standard InChI is InChI=1S/C16H21N3/c1-10-8-6-7-9-12(10)13-11(2)14(17)19-15(18-13)16(3,4)5/h6-9H,1-5H3,(H2,17,18,19). The summed E-state index contributed by atoms with van der Waals surface area (Å²) in [7, 11) is 0. The third kappa shape index (κ3) is 2.60. The van der Waals surface area contributed by atoms with Crippen molar-refractivity contribution in [2.24, 2.45) is 0 Å². The highest BCUT2D eigenvalue weighted by Gasteiger charge is 2.21. The molecule has 1 aromatic carbocycles. The van der Waals surface area contributed by atoms with E-state index in [1.807, 2.05) is 19.1 Å². The summed E-state index contributed by atoms with van der Waals surface area (Å²) < 4.78 is 0. The lowest BCUT2D eigenvalue weighted by Crippen LogP contribution is -2.18. The molecule has 0 saturated carbocycles. The van der Waals surface area contributed by atoms with Gasteiger partial charge < -0.3 is 5.73 Å². The molecule has 0 aliphatic rings. The van der Waals surface area contributed by atoms with Gasteiger partial charge in [0.15, 0.2) is 0 Å². The Kier molecular flexibility index (Phi) is 3.31. The second kappa shape index (κ2) is 4.65. The first-order valence-corrected chi connectivity index (χ1v) is 6.51. The predicted molar refractivity (Wildman–Crippen MR) is 80.1 cm³/mol. The average Bonchev–Trinajstić information content (AvgIpc) is 2.32. The van der Waals surface area contributed by atoms with E-state index >= 15 is 0 Å². The van der Waals surface area contributed by atoms with Gasteiger partial charge >= 0.3 is 0 Å². The molecule has 0 bridgehead atoms.